The van der Waals surface area contributed by atoms with Gasteiger partial charge in [-0.3, -0.25) is 9.78 Å². The molecule has 0 saturated heterocycles. The number of Topliss-reactive ketones (excluding diaryl/α,β-unsaturated/α-hetero) is 1. The molecule has 1 rings (SSSR count). The van der Waals surface area contributed by atoms with E-state index in [1.165, 1.54) is 12.4 Å². The van der Waals surface area contributed by atoms with Crippen LogP contribution in [0.15, 0.2) is 12.4 Å². The van der Waals surface area contributed by atoms with Gasteiger partial charge in [0.2, 0.25) is 0 Å². The van der Waals surface area contributed by atoms with E-state index in [1.54, 1.807) is 6.92 Å². The smallest absolute Gasteiger partial charge is 0.183 e. The predicted molar refractivity (Wildman–Crippen MR) is 55.4 cm³/mol. The largest absolute Gasteiger partial charge is 0.292 e. The van der Waals surface area contributed by atoms with Crippen LogP contribution in [0.3, 0.4) is 0 Å². The molecule has 1 aromatic rings. The predicted octanol–water partition coefficient (Wildman–Crippen LogP) is 0.402. The van der Waals surface area contributed by atoms with Gasteiger partial charge in [0.1, 0.15) is 15.5 Å². The molecule has 0 aliphatic rings. The molecular weight excluding hydrogens is 216 g/mol. The second-order valence-electron chi connectivity index (χ2n) is 3.35. The molecule has 0 atom stereocenters. The highest BCUT2D eigenvalue weighted by atomic mass is 32.2. The van der Waals surface area contributed by atoms with Crippen LogP contribution in [0.1, 0.15) is 22.6 Å². The average molecular weight is 228 g/mol. The number of aryl methyl sites for hydroxylation is 1. The maximum atomic E-state index is 11.4. The van der Waals surface area contributed by atoms with Crippen molar-refractivity contribution in [1.29, 1.82) is 0 Å². The molecule has 82 valence electrons. The normalized spacial score (nSPS) is 11.3. The molecule has 0 amide bonds. The van der Waals surface area contributed by atoms with Gasteiger partial charge in [-0.2, -0.15) is 0 Å². The summed E-state index contributed by atoms with van der Waals surface area (Å²) in [6.07, 6.45) is 3.89. The van der Waals surface area contributed by atoms with E-state index in [-0.39, 0.29) is 23.7 Å². The lowest BCUT2D eigenvalue weighted by molar-refractivity contribution is 0.0983. The van der Waals surface area contributed by atoms with E-state index >= 15 is 0 Å². The third kappa shape index (κ3) is 4.16. The molecule has 0 aromatic carbocycles. The lowest BCUT2D eigenvalue weighted by Gasteiger charge is -1.99. The van der Waals surface area contributed by atoms with Crippen LogP contribution in [-0.4, -0.2) is 36.2 Å². The van der Waals surface area contributed by atoms with Gasteiger partial charge >= 0.3 is 0 Å². The molecule has 0 spiro atoms. The third-order valence-corrected chi connectivity index (χ3v) is 2.71. The van der Waals surface area contributed by atoms with Crippen LogP contribution < -0.4 is 0 Å². The molecule has 6 heteroatoms. The van der Waals surface area contributed by atoms with Crippen molar-refractivity contribution >= 4 is 15.6 Å². The van der Waals surface area contributed by atoms with Crippen molar-refractivity contribution in [1.82, 2.24) is 9.97 Å². The van der Waals surface area contributed by atoms with Crippen LogP contribution in [0.5, 0.6) is 0 Å². The van der Waals surface area contributed by atoms with Crippen molar-refractivity contribution in [3.8, 4) is 0 Å². The van der Waals surface area contributed by atoms with E-state index in [0.717, 1.165) is 11.9 Å². The molecule has 0 radical (unpaired) electrons. The Bertz CT molecular complexity index is 451. The number of carbonyl (C=O) groups excluding carboxylic acids is 1. The summed E-state index contributed by atoms with van der Waals surface area (Å²) in [7, 11) is -3.10. The maximum Gasteiger partial charge on any atom is 0.183 e. The number of hydrogen-bond donors (Lipinski definition) is 0. The fourth-order valence-corrected chi connectivity index (χ4v) is 1.50. The molecule has 5 nitrogen and oxygen atoms in total. The van der Waals surface area contributed by atoms with E-state index < -0.39 is 9.84 Å². The van der Waals surface area contributed by atoms with E-state index in [4.69, 9.17) is 0 Å². The highest BCUT2D eigenvalue weighted by molar-refractivity contribution is 7.90. The first-order valence-corrected chi connectivity index (χ1v) is 6.44. The fraction of sp³-hybridized carbons (Fsp3) is 0.444. The number of hydrogen-bond acceptors (Lipinski definition) is 5. The lowest BCUT2D eigenvalue weighted by Crippen LogP contribution is -2.11. The minimum Gasteiger partial charge on any atom is -0.292 e. The summed E-state index contributed by atoms with van der Waals surface area (Å²) in [6, 6.07) is 0. The van der Waals surface area contributed by atoms with Gasteiger partial charge in [-0.25, -0.2) is 13.4 Å². The Hall–Kier alpha value is -1.30. The summed E-state index contributed by atoms with van der Waals surface area (Å²) in [5.74, 6) is -0.450. The summed E-state index contributed by atoms with van der Waals surface area (Å²) >= 11 is 0. The standard InChI is InChI=1S/C9H12N2O3S/c1-7-5-11-8(6-10-7)9(12)3-4-15(2,13)14/h5-6H,3-4H2,1-2H3. The van der Waals surface area contributed by atoms with Crippen molar-refractivity contribution in [2.24, 2.45) is 0 Å². The summed E-state index contributed by atoms with van der Waals surface area (Å²) < 4.78 is 21.7. The highest BCUT2D eigenvalue weighted by Gasteiger charge is 2.11. The number of carbonyl (C=O) groups is 1. The molecule has 1 heterocycles. The van der Waals surface area contributed by atoms with Crippen molar-refractivity contribution in [3.63, 3.8) is 0 Å². The number of rotatable bonds is 4. The van der Waals surface area contributed by atoms with E-state index in [2.05, 4.69) is 9.97 Å². The summed E-state index contributed by atoms with van der Waals surface area (Å²) in [4.78, 5) is 19.2. The van der Waals surface area contributed by atoms with Gasteiger partial charge in [-0.1, -0.05) is 0 Å². The molecule has 1 aromatic heterocycles. The minimum absolute atomic E-state index is 0.0451. The van der Waals surface area contributed by atoms with Crippen LogP contribution in [0.2, 0.25) is 0 Å². The Balaban J connectivity index is 2.66. The minimum atomic E-state index is -3.10. The average Bonchev–Trinajstić information content (AvgIpc) is 2.14. The molecule has 15 heavy (non-hydrogen) atoms. The van der Waals surface area contributed by atoms with E-state index in [1.807, 2.05) is 0 Å². The molecule has 0 saturated carbocycles. The van der Waals surface area contributed by atoms with Gasteiger partial charge < -0.3 is 0 Å². The Labute approximate surface area is 88.5 Å². The molecule has 0 N–H and O–H groups in total. The van der Waals surface area contributed by atoms with Gasteiger partial charge in [0.05, 0.1) is 17.6 Å². The number of ketones is 1. The van der Waals surface area contributed by atoms with Crippen molar-refractivity contribution in [3.05, 3.63) is 23.8 Å². The Morgan fingerprint density at radius 2 is 2.00 bits per heavy atom. The Morgan fingerprint density at radius 3 is 2.47 bits per heavy atom. The number of aromatic nitrogens is 2. The lowest BCUT2D eigenvalue weighted by atomic mass is 10.2. The second-order valence-corrected chi connectivity index (χ2v) is 5.61. The summed E-state index contributed by atoms with van der Waals surface area (Å²) in [5, 5.41) is 0. The molecule has 0 bridgehead atoms. The van der Waals surface area contributed by atoms with Gasteiger partial charge in [0.25, 0.3) is 0 Å². The summed E-state index contributed by atoms with van der Waals surface area (Å²) in [6.45, 7) is 1.76. The first kappa shape index (κ1) is 11.8. The first-order valence-electron chi connectivity index (χ1n) is 4.38. The topological polar surface area (TPSA) is 77.0 Å². The van der Waals surface area contributed by atoms with Crippen molar-refractivity contribution in [2.45, 2.75) is 13.3 Å². The summed E-state index contributed by atoms with van der Waals surface area (Å²) in [5.41, 5.74) is 0.930. The van der Waals surface area contributed by atoms with Crippen molar-refractivity contribution in [2.75, 3.05) is 12.0 Å². The van der Waals surface area contributed by atoms with Crippen LogP contribution in [0.25, 0.3) is 0 Å². The molecule has 0 unspecified atom stereocenters. The number of sulfone groups is 1. The Morgan fingerprint density at radius 1 is 1.33 bits per heavy atom. The monoisotopic (exact) mass is 228 g/mol. The van der Waals surface area contributed by atoms with Gasteiger partial charge in [-0.15, -0.1) is 0 Å². The van der Waals surface area contributed by atoms with Crippen LogP contribution in [0, 0.1) is 6.92 Å². The zero-order valence-corrected chi connectivity index (χ0v) is 9.41. The highest BCUT2D eigenvalue weighted by Crippen LogP contribution is 2.00. The van der Waals surface area contributed by atoms with Gasteiger partial charge in [-0.05, 0) is 6.92 Å². The maximum absolute atomic E-state index is 11.4. The van der Waals surface area contributed by atoms with Gasteiger partial charge in [0.15, 0.2) is 5.78 Å². The SMILES string of the molecule is Cc1cnc(C(=O)CCS(C)(=O)=O)cn1. The zero-order chi connectivity index (χ0) is 11.5. The number of nitrogens with zero attached hydrogens (tertiary/aromatic N) is 2. The first-order chi connectivity index (χ1) is 6.88. The van der Waals surface area contributed by atoms with Crippen LogP contribution in [-0.2, 0) is 9.84 Å². The second kappa shape index (κ2) is 4.48. The fourth-order valence-electron chi connectivity index (χ4n) is 0.943. The third-order valence-electron chi connectivity index (χ3n) is 1.77. The van der Waals surface area contributed by atoms with E-state index in [0.29, 0.717) is 0 Å². The quantitative estimate of drug-likeness (QED) is 0.697. The zero-order valence-electron chi connectivity index (χ0n) is 8.60. The molecule has 0 aliphatic carbocycles. The molecule has 0 aliphatic heterocycles. The van der Waals surface area contributed by atoms with E-state index in [9.17, 15) is 13.2 Å². The van der Waals surface area contributed by atoms with Crippen LogP contribution >= 0.6 is 0 Å². The molecular formula is C9H12N2O3S. The molecule has 0 fully saturated rings. The van der Waals surface area contributed by atoms with Crippen molar-refractivity contribution < 1.29 is 13.2 Å². The van der Waals surface area contributed by atoms with Gasteiger partial charge in [0, 0.05) is 18.9 Å². The Kier molecular flexibility index (Phi) is 3.52. The van der Waals surface area contributed by atoms with Crippen LogP contribution in [0.4, 0.5) is 0 Å².